The van der Waals surface area contributed by atoms with Crippen LogP contribution >= 0.6 is 0 Å². The summed E-state index contributed by atoms with van der Waals surface area (Å²) in [6.07, 6.45) is 5.61. The summed E-state index contributed by atoms with van der Waals surface area (Å²) in [6.45, 7) is 6.63. The lowest BCUT2D eigenvalue weighted by Crippen LogP contribution is -2.07. The molecule has 0 radical (unpaired) electrons. The average molecular weight is 166 g/mol. The fourth-order valence-corrected chi connectivity index (χ4v) is 1.46. The van der Waals surface area contributed by atoms with Gasteiger partial charge in [0, 0.05) is 5.92 Å². The minimum Gasteiger partial charge on any atom is -0.501 e. The van der Waals surface area contributed by atoms with Crippen molar-refractivity contribution in [3.05, 3.63) is 23.5 Å². The quantitative estimate of drug-likeness (QED) is 0.612. The first kappa shape index (κ1) is 9.37. The van der Waals surface area contributed by atoms with Crippen molar-refractivity contribution in [2.24, 2.45) is 11.8 Å². The van der Waals surface area contributed by atoms with E-state index in [1.54, 1.807) is 7.11 Å². The molecule has 1 nitrogen and oxygen atoms in total. The summed E-state index contributed by atoms with van der Waals surface area (Å²) in [5.74, 6) is 2.29. The van der Waals surface area contributed by atoms with Crippen LogP contribution in [0.4, 0.5) is 0 Å². The minimum atomic E-state index is 0.553. The van der Waals surface area contributed by atoms with Crippen LogP contribution in [-0.4, -0.2) is 7.11 Å². The number of ether oxygens (including phenoxy) is 1. The second-order valence-electron chi connectivity index (χ2n) is 3.75. The van der Waals surface area contributed by atoms with E-state index in [0.717, 1.165) is 12.2 Å². The van der Waals surface area contributed by atoms with Crippen molar-refractivity contribution in [3.8, 4) is 0 Å². The molecular formula is C11H18O. The van der Waals surface area contributed by atoms with Crippen molar-refractivity contribution in [2.75, 3.05) is 7.11 Å². The number of hydrogen-bond acceptors (Lipinski definition) is 1. The van der Waals surface area contributed by atoms with Gasteiger partial charge in [-0.3, -0.25) is 0 Å². The van der Waals surface area contributed by atoms with E-state index in [9.17, 15) is 0 Å². The Hall–Kier alpha value is -0.720. The third kappa shape index (κ3) is 1.90. The molecule has 0 heterocycles. The Labute approximate surface area is 75.1 Å². The lowest BCUT2D eigenvalue weighted by Gasteiger charge is -2.20. The Morgan fingerprint density at radius 3 is 2.67 bits per heavy atom. The highest BCUT2D eigenvalue weighted by molar-refractivity contribution is 5.28. The van der Waals surface area contributed by atoms with Crippen LogP contribution in [0.5, 0.6) is 0 Å². The van der Waals surface area contributed by atoms with Crippen molar-refractivity contribution in [1.82, 2.24) is 0 Å². The Morgan fingerprint density at radius 1 is 1.50 bits per heavy atom. The van der Waals surface area contributed by atoms with Gasteiger partial charge in [0.15, 0.2) is 0 Å². The molecule has 0 saturated carbocycles. The highest BCUT2D eigenvalue weighted by atomic mass is 16.5. The summed E-state index contributed by atoms with van der Waals surface area (Å²) in [4.78, 5) is 0. The van der Waals surface area contributed by atoms with E-state index >= 15 is 0 Å². The molecule has 1 heteroatoms. The van der Waals surface area contributed by atoms with Gasteiger partial charge in [-0.2, -0.15) is 0 Å². The van der Waals surface area contributed by atoms with E-state index in [2.05, 4.69) is 32.9 Å². The summed E-state index contributed by atoms with van der Waals surface area (Å²) in [5, 5.41) is 0. The zero-order valence-electron chi connectivity index (χ0n) is 8.42. The van der Waals surface area contributed by atoms with Gasteiger partial charge >= 0.3 is 0 Å². The van der Waals surface area contributed by atoms with Gasteiger partial charge in [0.1, 0.15) is 0 Å². The maximum Gasteiger partial charge on any atom is 0.0989 e. The highest BCUT2D eigenvalue weighted by Crippen LogP contribution is 2.27. The van der Waals surface area contributed by atoms with E-state index in [1.807, 2.05) is 0 Å². The van der Waals surface area contributed by atoms with Crippen molar-refractivity contribution < 1.29 is 4.74 Å². The molecule has 12 heavy (non-hydrogen) atoms. The molecule has 1 unspecified atom stereocenters. The topological polar surface area (TPSA) is 9.23 Å². The minimum absolute atomic E-state index is 0.553. The van der Waals surface area contributed by atoms with Gasteiger partial charge < -0.3 is 4.74 Å². The predicted molar refractivity (Wildman–Crippen MR) is 51.8 cm³/mol. The zero-order valence-corrected chi connectivity index (χ0v) is 8.42. The van der Waals surface area contributed by atoms with E-state index in [-0.39, 0.29) is 0 Å². The number of hydrogen-bond donors (Lipinski definition) is 0. The first-order valence-electron chi connectivity index (χ1n) is 4.60. The smallest absolute Gasteiger partial charge is 0.0989 e. The lowest BCUT2D eigenvalue weighted by atomic mass is 9.91. The molecule has 1 atom stereocenters. The number of allylic oxidation sites excluding steroid dienone is 4. The van der Waals surface area contributed by atoms with Crippen molar-refractivity contribution in [2.45, 2.75) is 27.2 Å². The molecular weight excluding hydrogens is 148 g/mol. The maximum absolute atomic E-state index is 5.30. The molecule has 0 aromatic rings. The van der Waals surface area contributed by atoms with Crippen molar-refractivity contribution in [1.29, 1.82) is 0 Å². The van der Waals surface area contributed by atoms with Crippen LogP contribution in [0.3, 0.4) is 0 Å². The largest absolute Gasteiger partial charge is 0.501 e. The molecule has 0 amide bonds. The first-order chi connectivity index (χ1) is 5.65. The first-order valence-corrected chi connectivity index (χ1v) is 4.60. The van der Waals surface area contributed by atoms with Gasteiger partial charge in [0.05, 0.1) is 12.9 Å². The summed E-state index contributed by atoms with van der Waals surface area (Å²) in [7, 11) is 1.76. The van der Waals surface area contributed by atoms with Crippen molar-refractivity contribution in [3.63, 3.8) is 0 Å². The number of methoxy groups -OCH3 is 1. The second-order valence-corrected chi connectivity index (χ2v) is 3.75. The summed E-state index contributed by atoms with van der Waals surface area (Å²) >= 11 is 0. The van der Waals surface area contributed by atoms with Crippen LogP contribution in [-0.2, 0) is 4.74 Å². The molecule has 0 saturated heterocycles. The predicted octanol–water partition coefficient (Wildman–Crippen LogP) is 3.14. The molecule has 68 valence electrons. The van der Waals surface area contributed by atoms with Gasteiger partial charge in [-0.15, -0.1) is 0 Å². The van der Waals surface area contributed by atoms with Gasteiger partial charge in [0.2, 0.25) is 0 Å². The summed E-state index contributed by atoms with van der Waals surface area (Å²) in [5.41, 5.74) is 1.41. The van der Waals surface area contributed by atoms with E-state index in [4.69, 9.17) is 4.74 Å². The van der Waals surface area contributed by atoms with E-state index < -0.39 is 0 Å². The van der Waals surface area contributed by atoms with Gasteiger partial charge in [-0.25, -0.2) is 0 Å². The standard InChI is InChI=1S/C11H18O/c1-8(2)10-6-5-9(3)11(7-10)12-4/h6-9H,5H2,1-4H3. The van der Waals surface area contributed by atoms with Crippen molar-refractivity contribution >= 4 is 0 Å². The molecule has 0 bridgehead atoms. The molecule has 0 N–H and O–H groups in total. The molecule has 0 aromatic carbocycles. The summed E-state index contributed by atoms with van der Waals surface area (Å²) in [6, 6.07) is 0. The molecule has 1 rings (SSSR count). The van der Waals surface area contributed by atoms with Gasteiger partial charge in [0.25, 0.3) is 0 Å². The van der Waals surface area contributed by atoms with E-state index in [0.29, 0.717) is 11.8 Å². The van der Waals surface area contributed by atoms with Crippen LogP contribution in [0.1, 0.15) is 27.2 Å². The van der Waals surface area contributed by atoms with Crippen LogP contribution < -0.4 is 0 Å². The zero-order chi connectivity index (χ0) is 9.14. The SMILES string of the molecule is COC1=CC(C(C)C)=CCC1C. The van der Waals surface area contributed by atoms with Crippen LogP contribution in [0.25, 0.3) is 0 Å². The Morgan fingerprint density at radius 2 is 2.17 bits per heavy atom. The maximum atomic E-state index is 5.30. The third-order valence-electron chi connectivity index (χ3n) is 2.40. The molecule has 0 fully saturated rings. The summed E-state index contributed by atoms with van der Waals surface area (Å²) < 4.78 is 5.30. The average Bonchev–Trinajstić information content (AvgIpc) is 2.05. The molecule has 1 aliphatic carbocycles. The Balaban J connectivity index is 2.77. The Bertz CT molecular complexity index is 211. The molecule has 0 aromatic heterocycles. The van der Waals surface area contributed by atoms with Gasteiger partial charge in [-0.1, -0.05) is 26.8 Å². The molecule has 1 aliphatic rings. The fraction of sp³-hybridized carbons (Fsp3) is 0.636. The van der Waals surface area contributed by atoms with Crippen LogP contribution in [0, 0.1) is 11.8 Å². The van der Waals surface area contributed by atoms with Crippen LogP contribution in [0.15, 0.2) is 23.5 Å². The van der Waals surface area contributed by atoms with E-state index in [1.165, 1.54) is 5.57 Å². The molecule has 0 spiro atoms. The second kappa shape index (κ2) is 3.79. The van der Waals surface area contributed by atoms with Gasteiger partial charge in [-0.05, 0) is 24.0 Å². The highest BCUT2D eigenvalue weighted by Gasteiger charge is 2.14. The fourth-order valence-electron chi connectivity index (χ4n) is 1.46. The Kier molecular flexibility index (Phi) is 2.96. The van der Waals surface area contributed by atoms with Crippen LogP contribution in [0.2, 0.25) is 0 Å². The normalized spacial score (nSPS) is 23.6. The molecule has 0 aliphatic heterocycles. The number of rotatable bonds is 2. The third-order valence-corrected chi connectivity index (χ3v) is 2.40. The lowest BCUT2D eigenvalue weighted by molar-refractivity contribution is 0.244. The monoisotopic (exact) mass is 166 g/mol.